The zero-order chi connectivity index (χ0) is 7.23. The minimum atomic E-state index is 1.03. The second-order valence-electron chi connectivity index (χ2n) is 3.45. The molecule has 1 saturated carbocycles. The Labute approximate surface area is 67.0 Å². The molecule has 0 aromatic rings. The lowest BCUT2D eigenvalue weighted by atomic mass is 9.93. The van der Waals surface area contributed by atoms with Gasteiger partial charge in [0.1, 0.15) is 0 Å². The van der Waals surface area contributed by atoms with Crippen LogP contribution in [0.5, 0.6) is 0 Å². The molecule has 1 fully saturated rings. The molecule has 0 bridgehead atoms. The lowest BCUT2D eigenvalue weighted by Gasteiger charge is -2.16. The predicted octanol–water partition coefficient (Wildman–Crippen LogP) is 3.22. The van der Waals surface area contributed by atoms with Crippen LogP contribution in [-0.2, 0) is 0 Å². The highest BCUT2D eigenvalue weighted by Crippen LogP contribution is 2.23. The van der Waals surface area contributed by atoms with Crippen LogP contribution in [0.3, 0.4) is 0 Å². The van der Waals surface area contributed by atoms with Gasteiger partial charge in [-0.15, -0.1) is 9.24 Å². The Hall–Kier alpha value is 0.430. The fraction of sp³-hybridized carbons (Fsp3) is 1.00. The van der Waals surface area contributed by atoms with Gasteiger partial charge in [0.05, 0.1) is 0 Å². The van der Waals surface area contributed by atoms with Gasteiger partial charge in [0.15, 0.2) is 0 Å². The van der Waals surface area contributed by atoms with Crippen molar-refractivity contribution >= 4 is 9.24 Å². The third-order valence-electron chi connectivity index (χ3n) is 2.56. The molecule has 0 aromatic heterocycles. The van der Waals surface area contributed by atoms with Crippen LogP contribution in [0.4, 0.5) is 0 Å². The van der Waals surface area contributed by atoms with Crippen molar-refractivity contribution in [3.05, 3.63) is 0 Å². The Bertz CT molecular complexity index is 72.8. The van der Waals surface area contributed by atoms with Crippen molar-refractivity contribution < 1.29 is 0 Å². The monoisotopic (exact) mass is 158 g/mol. The molecular weight excluding hydrogens is 139 g/mol. The lowest BCUT2D eigenvalue weighted by molar-refractivity contribution is 0.409. The van der Waals surface area contributed by atoms with E-state index in [4.69, 9.17) is 0 Å². The summed E-state index contributed by atoms with van der Waals surface area (Å²) in [6.07, 6.45) is 11.7. The summed E-state index contributed by atoms with van der Waals surface area (Å²) in [7, 11) is 2.89. The highest BCUT2D eigenvalue weighted by atomic mass is 31.0. The molecule has 0 amide bonds. The van der Waals surface area contributed by atoms with E-state index in [1.54, 1.807) is 0 Å². The van der Waals surface area contributed by atoms with Crippen molar-refractivity contribution in [2.45, 2.75) is 44.9 Å². The lowest BCUT2D eigenvalue weighted by Crippen LogP contribution is -2.04. The molecule has 1 rings (SSSR count). The van der Waals surface area contributed by atoms with E-state index in [9.17, 15) is 0 Å². The molecule has 1 atom stereocenters. The normalized spacial score (nSPS) is 23.7. The summed E-state index contributed by atoms with van der Waals surface area (Å²) in [5.74, 6) is 1.03. The van der Waals surface area contributed by atoms with Gasteiger partial charge < -0.3 is 0 Å². The average Bonchev–Trinajstić information content (AvgIpc) is 1.87. The van der Waals surface area contributed by atoms with Crippen LogP contribution in [0.2, 0.25) is 0 Å². The molecular formula is C9H19P. The van der Waals surface area contributed by atoms with Crippen LogP contribution >= 0.6 is 9.24 Å². The van der Waals surface area contributed by atoms with E-state index >= 15 is 0 Å². The van der Waals surface area contributed by atoms with Crippen molar-refractivity contribution in [3.63, 3.8) is 0 Å². The summed E-state index contributed by atoms with van der Waals surface area (Å²) in [6.45, 7) is 0. The summed E-state index contributed by atoms with van der Waals surface area (Å²) >= 11 is 0. The molecule has 0 saturated heterocycles. The quantitative estimate of drug-likeness (QED) is 0.514. The maximum atomic E-state index is 2.89. The van der Waals surface area contributed by atoms with Crippen LogP contribution in [0.25, 0.3) is 0 Å². The van der Waals surface area contributed by atoms with Crippen molar-refractivity contribution in [1.82, 2.24) is 0 Å². The van der Waals surface area contributed by atoms with Crippen molar-refractivity contribution in [2.75, 3.05) is 6.16 Å². The first-order valence-electron chi connectivity index (χ1n) is 4.63. The SMILES string of the molecule is PCC1CCCCCCC1. The summed E-state index contributed by atoms with van der Waals surface area (Å²) in [6, 6.07) is 0. The first-order valence-corrected chi connectivity index (χ1v) is 5.45. The number of hydrogen-bond donors (Lipinski definition) is 0. The molecule has 1 heteroatoms. The van der Waals surface area contributed by atoms with Crippen LogP contribution in [0.15, 0.2) is 0 Å². The van der Waals surface area contributed by atoms with Gasteiger partial charge in [0.2, 0.25) is 0 Å². The number of rotatable bonds is 1. The third kappa shape index (κ3) is 3.01. The molecule has 1 aliphatic rings. The van der Waals surface area contributed by atoms with E-state index in [0.717, 1.165) is 5.92 Å². The van der Waals surface area contributed by atoms with E-state index in [0.29, 0.717) is 0 Å². The average molecular weight is 158 g/mol. The van der Waals surface area contributed by atoms with Gasteiger partial charge in [-0.3, -0.25) is 0 Å². The molecule has 0 N–H and O–H groups in total. The summed E-state index contributed by atoms with van der Waals surface area (Å²) in [5, 5.41) is 0. The Morgan fingerprint density at radius 1 is 0.900 bits per heavy atom. The predicted molar refractivity (Wildman–Crippen MR) is 50.4 cm³/mol. The Morgan fingerprint density at radius 3 is 1.90 bits per heavy atom. The van der Waals surface area contributed by atoms with Crippen LogP contribution in [0, 0.1) is 5.92 Å². The first kappa shape index (κ1) is 8.53. The fourth-order valence-corrected chi connectivity index (χ4v) is 2.25. The third-order valence-corrected chi connectivity index (χ3v) is 3.22. The van der Waals surface area contributed by atoms with Crippen LogP contribution in [-0.4, -0.2) is 6.16 Å². The second kappa shape index (κ2) is 5.13. The molecule has 0 radical (unpaired) electrons. The van der Waals surface area contributed by atoms with E-state index in [-0.39, 0.29) is 0 Å². The van der Waals surface area contributed by atoms with Gasteiger partial charge in [-0.05, 0) is 12.1 Å². The highest BCUT2D eigenvalue weighted by Gasteiger charge is 2.07. The van der Waals surface area contributed by atoms with Gasteiger partial charge in [-0.25, -0.2) is 0 Å². The van der Waals surface area contributed by atoms with E-state index < -0.39 is 0 Å². The maximum absolute atomic E-state index is 2.89. The summed E-state index contributed by atoms with van der Waals surface area (Å²) < 4.78 is 0. The Kier molecular flexibility index (Phi) is 4.37. The minimum absolute atomic E-state index is 1.03. The Morgan fingerprint density at radius 2 is 1.40 bits per heavy atom. The second-order valence-corrected chi connectivity index (χ2v) is 3.92. The molecule has 1 unspecified atom stereocenters. The van der Waals surface area contributed by atoms with Crippen LogP contribution in [0.1, 0.15) is 44.9 Å². The molecule has 0 aromatic carbocycles. The molecule has 10 heavy (non-hydrogen) atoms. The van der Waals surface area contributed by atoms with Gasteiger partial charge in [0.25, 0.3) is 0 Å². The smallest absolute Gasteiger partial charge is 0.0353 e. The molecule has 0 aliphatic heterocycles. The van der Waals surface area contributed by atoms with Crippen LogP contribution < -0.4 is 0 Å². The van der Waals surface area contributed by atoms with Gasteiger partial charge in [-0.1, -0.05) is 44.9 Å². The van der Waals surface area contributed by atoms with E-state index in [1.807, 2.05) is 0 Å². The summed E-state index contributed by atoms with van der Waals surface area (Å²) in [5.41, 5.74) is 0. The van der Waals surface area contributed by atoms with Crippen molar-refractivity contribution in [2.24, 2.45) is 5.92 Å². The minimum Gasteiger partial charge on any atom is -0.137 e. The van der Waals surface area contributed by atoms with Crippen molar-refractivity contribution in [3.8, 4) is 0 Å². The molecule has 0 spiro atoms. The van der Waals surface area contributed by atoms with E-state index in [2.05, 4.69) is 9.24 Å². The molecule has 0 nitrogen and oxygen atoms in total. The largest absolute Gasteiger partial charge is 0.137 e. The maximum Gasteiger partial charge on any atom is -0.0353 e. The highest BCUT2D eigenvalue weighted by molar-refractivity contribution is 7.16. The standard InChI is InChI=1S/C9H19P/c10-8-9-6-4-2-1-3-5-7-9/h9H,1-8,10H2. The molecule has 60 valence electrons. The fourth-order valence-electron chi connectivity index (χ4n) is 1.78. The summed E-state index contributed by atoms with van der Waals surface area (Å²) in [4.78, 5) is 0. The van der Waals surface area contributed by atoms with Gasteiger partial charge >= 0.3 is 0 Å². The van der Waals surface area contributed by atoms with Gasteiger partial charge in [-0.2, -0.15) is 0 Å². The topological polar surface area (TPSA) is 0 Å². The first-order chi connectivity index (χ1) is 4.93. The Balaban J connectivity index is 2.16. The molecule has 0 heterocycles. The molecule has 1 aliphatic carbocycles. The zero-order valence-electron chi connectivity index (χ0n) is 6.81. The van der Waals surface area contributed by atoms with E-state index in [1.165, 1.54) is 51.1 Å². The van der Waals surface area contributed by atoms with Crippen molar-refractivity contribution in [1.29, 1.82) is 0 Å². The number of hydrogen-bond acceptors (Lipinski definition) is 0. The zero-order valence-corrected chi connectivity index (χ0v) is 7.97. The van der Waals surface area contributed by atoms with Gasteiger partial charge in [0, 0.05) is 0 Å².